The molecule has 0 saturated carbocycles. The second-order valence-electron chi connectivity index (χ2n) is 3.66. The van der Waals surface area contributed by atoms with E-state index < -0.39 is 0 Å². The molecule has 2 aromatic carbocycles. The van der Waals surface area contributed by atoms with Gasteiger partial charge in [0.1, 0.15) is 0 Å². The molecule has 92 valence electrons. The first-order chi connectivity index (χ1) is 7.36. The Hall–Kier alpha value is -0.227. The molecule has 3 heteroatoms. The Balaban J connectivity index is 0. The van der Waals surface area contributed by atoms with Gasteiger partial charge in [0.2, 0.25) is 0 Å². The van der Waals surface area contributed by atoms with Crippen molar-refractivity contribution in [1.29, 1.82) is 0 Å². The third kappa shape index (κ3) is 6.09. The molecule has 18 heavy (non-hydrogen) atoms. The summed E-state index contributed by atoms with van der Waals surface area (Å²) in [7, 11) is 0. The normalized spacial score (nSPS) is 11.3. The van der Waals surface area contributed by atoms with Crippen LogP contribution in [0.25, 0.3) is 10.8 Å². The van der Waals surface area contributed by atoms with Crippen LogP contribution in [0.15, 0.2) is 60.2 Å². The molecule has 0 amide bonds. The van der Waals surface area contributed by atoms with Gasteiger partial charge in [-0.15, -0.1) is 43.0 Å². The van der Waals surface area contributed by atoms with Crippen molar-refractivity contribution in [3.63, 3.8) is 0 Å². The molecule has 3 rings (SSSR count). The number of allylic oxidation sites excluding steroid dienone is 4. The molecule has 0 aromatic heterocycles. The smallest absolute Gasteiger partial charge is 1.00 e. The first-order valence-electron chi connectivity index (χ1n) is 5.20. The van der Waals surface area contributed by atoms with Crippen molar-refractivity contribution >= 4 is 10.8 Å². The topological polar surface area (TPSA) is 0 Å². The predicted molar refractivity (Wildman–Crippen MR) is 65.7 cm³/mol. The molecule has 1 aliphatic carbocycles. The molecule has 0 saturated heterocycles. The first-order valence-corrected chi connectivity index (χ1v) is 5.20. The van der Waals surface area contributed by atoms with Gasteiger partial charge in [-0.25, -0.2) is 11.6 Å². The van der Waals surface area contributed by atoms with Crippen molar-refractivity contribution in [2.45, 2.75) is 13.3 Å². The maximum Gasteiger partial charge on any atom is 4.00 e. The van der Waals surface area contributed by atoms with Gasteiger partial charge in [-0.1, -0.05) is 6.07 Å². The van der Waals surface area contributed by atoms with Gasteiger partial charge in [0.05, 0.1) is 0 Å². The van der Waals surface area contributed by atoms with Gasteiger partial charge in [-0.05, 0) is 0 Å². The molecular weight excluding hydrogens is 342 g/mol. The van der Waals surface area contributed by atoms with Crippen molar-refractivity contribution in [2.24, 2.45) is 0 Å². The quantitative estimate of drug-likeness (QED) is 0.492. The summed E-state index contributed by atoms with van der Waals surface area (Å²) < 4.78 is 0. The fourth-order valence-corrected chi connectivity index (χ4v) is 1.57. The first kappa shape index (κ1) is 20.1. The SMILES string of the molecule is CC1=CC[C-]=C1.[Cl-].[Cl-].[Zr+4].c1ccc2[cH-]ccc2c1. The molecule has 0 aliphatic heterocycles. The molecule has 2 aromatic rings. The molecule has 0 heterocycles. The van der Waals surface area contributed by atoms with Crippen LogP contribution in [0.4, 0.5) is 0 Å². The van der Waals surface area contributed by atoms with Crippen LogP contribution in [0.3, 0.4) is 0 Å². The summed E-state index contributed by atoms with van der Waals surface area (Å²) in [5.74, 6) is 0. The summed E-state index contributed by atoms with van der Waals surface area (Å²) in [6.07, 6.45) is 8.24. The summed E-state index contributed by atoms with van der Waals surface area (Å²) >= 11 is 0. The predicted octanol–water partition coefficient (Wildman–Crippen LogP) is -1.74. The Morgan fingerprint density at radius 3 is 2.33 bits per heavy atom. The van der Waals surface area contributed by atoms with Crippen molar-refractivity contribution in [2.75, 3.05) is 0 Å². The van der Waals surface area contributed by atoms with Gasteiger partial charge >= 0.3 is 26.2 Å². The van der Waals surface area contributed by atoms with Crippen LogP contribution < -0.4 is 24.8 Å². The van der Waals surface area contributed by atoms with Crippen LogP contribution in [0.2, 0.25) is 0 Å². The zero-order chi connectivity index (χ0) is 10.5. The molecule has 0 N–H and O–H groups in total. The minimum Gasteiger partial charge on any atom is -1.00 e. The van der Waals surface area contributed by atoms with Crippen molar-refractivity contribution in [3.8, 4) is 0 Å². The van der Waals surface area contributed by atoms with E-state index in [1.807, 2.05) is 6.08 Å². The van der Waals surface area contributed by atoms with E-state index in [2.05, 4.69) is 61.5 Å². The van der Waals surface area contributed by atoms with Gasteiger partial charge in [0.15, 0.2) is 0 Å². The number of benzene rings is 1. The Morgan fingerprint density at radius 2 is 1.83 bits per heavy atom. The number of hydrogen-bond acceptors (Lipinski definition) is 0. The van der Waals surface area contributed by atoms with Crippen LogP contribution >= 0.6 is 0 Å². The van der Waals surface area contributed by atoms with Gasteiger partial charge in [-0.2, -0.15) is 23.6 Å². The Bertz CT molecular complexity index is 465. The summed E-state index contributed by atoms with van der Waals surface area (Å²) in [6, 6.07) is 14.7. The number of fused-ring (bicyclic) bond motifs is 1. The maximum absolute atomic E-state index is 3.05. The molecule has 0 unspecified atom stereocenters. The van der Waals surface area contributed by atoms with E-state index in [0.717, 1.165) is 6.42 Å². The molecule has 0 spiro atoms. The minimum atomic E-state index is 0. The van der Waals surface area contributed by atoms with Gasteiger partial charge in [0, 0.05) is 0 Å². The molecule has 0 nitrogen and oxygen atoms in total. The van der Waals surface area contributed by atoms with E-state index >= 15 is 0 Å². The van der Waals surface area contributed by atoms with E-state index in [1.54, 1.807) is 0 Å². The molecule has 1 aliphatic rings. The average Bonchev–Trinajstić information content (AvgIpc) is 2.88. The van der Waals surface area contributed by atoms with Crippen molar-refractivity contribution in [3.05, 3.63) is 66.3 Å². The van der Waals surface area contributed by atoms with E-state index in [4.69, 9.17) is 0 Å². The summed E-state index contributed by atoms with van der Waals surface area (Å²) in [6.45, 7) is 2.08. The van der Waals surface area contributed by atoms with Crippen LogP contribution in [0.1, 0.15) is 13.3 Å². The minimum absolute atomic E-state index is 0. The standard InChI is InChI=1S/C9H7.C6H7.2ClH.Zr/c1-2-5-9-7-3-6-8(9)4-1;1-6-4-2-3-5-6;;;/h1-7H;4-5H,2H2,1H3;2*1H;/q2*-1;;;+4/p-2. The van der Waals surface area contributed by atoms with E-state index in [-0.39, 0.29) is 51.0 Å². The second kappa shape index (κ2) is 10.7. The average molecular weight is 356 g/mol. The van der Waals surface area contributed by atoms with E-state index in [1.165, 1.54) is 16.3 Å². The fraction of sp³-hybridized carbons (Fsp3) is 0.133. The zero-order valence-corrected chi connectivity index (χ0v) is 14.1. The number of halogens is 2. The molecular formula is C15H14Cl2Zr. The number of hydrogen-bond donors (Lipinski definition) is 0. The summed E-state index contributed by atoms with van der Waals surface area (Å²) in [4.78, 5) is 0. The van der Waals surface area contributed by atoms with Crippen LogP contribution in [-0.2, 0) is 26.2 Å². The largest absolute Gasteiger partial charge is 4.00 e. The monoisotopic (exact) mass is 354 g/mol. The van der Waals surface area contributed by atoms with Gasteiger partial charge in [0.25, 0.3) is 0 Å². The Labute approximate surface area is 140 Å². The molecule has 0 bridgehead atoms. The third-order valence-electron chi connectivity index (χ3n) is 2.42. The second-order valence-corrected chi connectivity index (χ2v) is 3.66. The Morgan fingerprint density at radius 1 is 1.11 bits per heavy atom. The van der Waals surface area contributed by atoms with Crippen molar-refractivity contribution < 1.29 is 51.0 Å². The fourth-order valence-electron chi connectivity index (χ4n) is 1.57. The zero-order valence-electron chi connectivity index (χ0n) is 10.2. The van der Waals surface area contributed by atoms with Gasteiger partial charge < -0.3 is 24.8 Å². The van der Waals surface area contributed by atoms with E-state index in [0.29, 0.717) is 0 Å². The van der Waals surface area contributed by atoms with Crippen LogP contribution in [-0.4, -0.2) is 0 Å². The molecule has 0 radical (unpaired) electrons. The third-order valence-corrected chi connectivity index (χ3v) is 2.42. The summed E-state index contributed by atoms with van der Waals surface area (Å²) in [5.41, 5.74) is 1.34. The van der Waals surface area contributed by atoms with Gasteiger partial charge in [-0.3, -0.25) is 6.08 Å². The number of rotatable bonds is 0. The van der Waals surface area contributed by atoms with Crippen LogP contribution in [0, 0.1) is 6.08 Å². The Kier molecular flexibility index (Phi) is 11.9. The molecule has 0 atom stereocenters. The van der Waals surface area contributed by atoms with Crippen molar-refractivity contribution in [1.82, 2.24) is 0 Å². The maximum atomic E-state index is 3.05. The van der Waals surface area contributed by atoms with Crippen LogP contribution in [0.5, 0.6) is 0 Å². The molecule has 0 fully saturated rings. The van der Waals surface area contributed by atoms with E-state index in [9.17, 15) is 0 Å². The summed E-state index contributed by atoms with van der Waals surface area (Å²) in [5, 5.41) is 2.66.